The molecule has 0 aromatic rings. The molecule has 64 valence electrons. The van der Waals surface area contributed by atoms with Gasteiger partial charge in [0.25, 0.3) is 0 Å². The van der Waals surface area contributed by atoms with E-state index in [0.717, 1.165) is 6.42 Å². The first-order valence-electron chi connectivity index (χ1n) is 4.08. The fourth-order valence-electron chi connectivity index (χ4n) is 2.19. The van der Waals surface area contributed by atoms with E-state index in [1.807, 2.05) is 0 Å². The molecule has 0 unspecified atom stereocenters. The van der Waals surface area contributed by atoms with Gasteiger partial charge in [-0.25, -0.2) is 0 Å². The lowest BCUT2D eigenvalue weighted by Gasteiger charge is -2.20. The zero-order valence-corrected chi connectivity index (χ0v) is 7.38. The Balaban J connectivity index is 0.000000605. The van der Waals surface area contributed by atoms with E-state index >= 15 is 0 Å². The first kappa shape index (κ1) is 9.01. The van der Waals surface area contributed by atoms with E-state index in [-0.39, 0.29) is 17.9 Å². The van der Waals surface area contributed by atoms with Crippen molar-refractivity contribution in [3.05, 3.63) is 0 Å². The fraction of sp³-hybridized carbons (Fsp3) is 0.875. The van der Waals surface area contributed by atoms with Crippen LogP contribution in [0.4, 0.5) is 0 Å². The summed E-state index contributed by atoms with van der Waals surface area (Å²) in [5, 5.41) is 3.33. The maximum absolute atomic E-state index is 10.9. The molecule has 1 aliphatic carbocycles. The highest BCUT2D eigenvalue weighted by Crippen LogP contribution is 2.34. The number of ketones is 1. The van der Waals surface area contributed by atoms with Gasteiger partial charge in [-0.15, -0.1) is 12.4 Å². The Kier molecular flexibility index (Phi) is 2.55. The van der Waals surface area contributed by atoms with E-state index in [9.17, 15) is 4.79 Å². The molecular formula is C8H14ClNO. The van der Waals surface area contributed by atoms with Gasteiger partial charge in [0.15, 0.2) is 0 Å². The van der Waals surface area contributed by atoms with Crippen molar-refractivity contribution in [2.24, 2.45) is 0 Å². The summed E-state index contributed by atoms with van der Waals surface area (Å²) in [6.45, 7) is 0.625. The van der Waals surface area contributed by atoms with Crippen molar-refractivity contribution >= 4 is 18.2 Å². The molecule has 0 aromatic carbocycles. The standard InChI is InChI=1S/C8H13NO.ClH/c10-7-5-8(9-6-7)3-1-2-4-8;/h9H,1-6H2;1H. The maximum Gasteiger partial charge on any atom is 0.148 e. The van der Waals surface area contributed by atoms with Crippen molar-refractivity contribution in [3.63, 3.8) is 0 Å². The summed E-state index contributed by atoms with van der Waals surface area (Å²) in [5.41, 5.74) is 0.261. The number of carbonyl (C=O) groups excluding carboxylic acids is 1. The van der Waals surface area contributed by atoms with Crippen LogP contribution in [0.5, 0.6) is 0 Å². The molecule has 0 bridgehead atoms. The Bertz CT molecular complexity index is 163. The maximum atomic E-state index is 10.9. The molecule has 1 N–H and O–H groups in total. The second-order valence-electron chi connectivity index (χ2n) is 3.56. The fourth-order valence-corrected chi connectivity index (χ4v) is 2.19. The average Bonchev–Trinajstić information content (AvgIpc) is 2.46. The highest BCUT2D eigenvalue weighted by Gasteiger charge is 2.39. The van der Waals surface area contributed by atoms with Crippen molar-refractivity contribution < 1.29 is 4.79 Å². The highest BCUT2D eigenvalue weighted by atomic mass is 35.5. The molecule has 1 spiro atoms. The lowest BCUT2D eigenvalue weighted by molar-refractivity contribution is -0.116. The van der Waals surface area contributed by atoms with Crippen LogP contribution in [0.3, 0.4) is 0 Å². The molecule has 2 fully saturated rings. The molecule has 1 heterocycles. The van der Waals surface area contributed by atoms with Gasteiger partial charge in [0, 0.05) is 12.0 Å². The molecule has 1 aliphatic heterocycles. The van der Waals surface area contributed by atoms with Crippen LogP contribution in [0.1, 0.15) is 32.1 Å². The molecule has 2 aliphatic rings. The third kappa shape index (κ3) is 1.57. The smallest absolute Gasteiger partial charge is 0.148 e. The molecule has 0 aromatic heterocycles. The monoisotopic (exact) mass is 175 g/mol. The summed E-state index contributed by atoms with van der Waals surface area (Å²) >= 11 is 0. The van der Waals surface area contributed by atoms with Crippen molar-refractivity contribution in [1.29, 1.82) is 0 Å². The quantitative estimate of drug-likeness (QED) is 0.601. The van der Waals surface area contributed by atoms with Crippen LogP contribution in [0.15, 0.2) is 0 Å². The van der Waals surface area contributed by atoms with Gasteiger partial charge in [-0.05, 0) is 12.8 Å². The Morgan fingerprint density at radius 3 is 2.36 bits per heavy atom. The van der Waals surface area contributed by atoms with Gasteiger partial charge < -0.3 is 5.32 Å². The van der Waals surface area contributed by atoms with Crippen LogP contribution in [0.25, 0.3) is 0 Å². The number of rotatable bonds is 0. The number of hydrogen-bond donors (Lipinski definition) is 1. The summed E-state index contributed by atoms with van der Waals surface area (Å²) in [7, 11) is 0. The van der Waals surface area contributed by atoms with E-state index < -0.39 is 0 Å². The zero-order chi connectivity index (χ0) is 7.03. The first-order valence-corrected chi connectivity index (χ1v) is 4.08. The van der Waals surface area contributed by atoms with E-state index in [2.05, 4.69) is 5.32 Å². The number of carbonyl (C=O) groups is 1. The second-order valence-corrected chi connectivity index (χ2v) is 3.56. The first-order chi connectivity index (χ1) is 4.81. The second kappa shape index (κ2) is 3.11. The van der Waals surface area contributed by atoms with Crippen LogP contribution < -0.4 is 5.32 Å². The molecule has 2 nitrogen and oxygen atoms in total. The minimum absolute atomic E-state index is 0. The van der Waals surface area contributed by atoms with Gasteiger partial charge in [0.2, 0.25) is 0 Å². The van der Waals surface area contributed by atoms with E-state index in [0.29, 0.717) is 12.3 Å². The minimum Gasteiger partial charge on any atom is -0.304 e. The summed E-state index contributed by atoms with van der Waals surface area (Å²) in [4.78, 5) is 10.9. The van der Waals surface area contributed by atoms with Gasteiger partial charge >= 0.3 is 0 Å². The largest absolute Gasteiger partial charge is 0.304 e. The van der Waals surface area contributed by atoms with E-state index in [1.165, 1.54) is 25.7 Å². The third-order valence-corrected chi connectivity index (χ3v) is 2.76. The molecule has 1 saturated carbocycles. The van der Waals surface area contributed by atoms with Crippen LogP contribution in [0.2, 0.25) is 0 Å². The van der Waals surface area contributed by atoms with Gasteiger partial charge in [-0.1, -0.05) is 12.8 Å². The van der Waals surface area contributed by atoms with Gasteiger partial charge in [-0.3, -0.25) is 4.79 Å². The van der Waals surface area contributed by atoms with Crippen molar-refractivity contribution in [3.8, 4) is 0 Å². The minimum atomic E-state index is 0. The number of Topliss-reactive ketones (excluding diaryl/α,β-unsaturated/α-hetero) is 1. The molecular weight excluding hydrogens is 162 g/mol. The number of halogens is 1. The molecule has 2 rings (SSSR count). The Morgan fingerprint density at radius 1 is 1.27 bits per heavy atom. The third-order valence-electron chi connectivity index (χ3n) is 2.76. The van der Waals surface area contributed by atoms with Crippen LogP contribution in [-0.4, -0.2) is 17.9 Å². The predicted molar refractivity (Wildman–Crippen MR) is 46.1 cm³/mol. The van der Waals surface area contributed by atoms with Crippen molar-refractivity contribution in [2.45, 2.75) is 37.6 Å². The lowest BCUT2D eigenvalue weighted by Crippen LogP contribution is -2.35. The predicted octanol–water partition coefficient (Wildman–Crippen LogP) is 1.28. The van der Waals surface area contributed by atoms with E-state index in [1.54, 1.807) is 0 Å². The van der Waals surface area contributed by atoms with E-state index in [4.69, 9.17) is 0 Å². The average molecular weight is 176 g/mol. The Labute approximate surface area is 73.1 Å². The van der Waals surface area contributed by atoms with Gasteiger partial charge in [0.1, 0.15) is 5.78 Å². The SMILES string of the molecule is Cl.O=C1CNC2(CCCC2)C1. The number of hydrogen-bond acceptors (Lipinski definition) is 2. The van der Waals surface area contributed by atoms with Gasteiger partial charge in [0.05, 0.1) is 6.54 Å². The summed E-state index contributed by atoms with van der Waals surface area (Å²) in [6, 6.07) is 0. The summed E-state index contributed by atoms with van der Waals surface area (Å²) < 4.78 is 0. The molecule has 1 saturated heterocycles. The topological polar surface area (TPSA) is 29.1 Å². The van der Waals surface area contributed by atoms with Crippen LogP contribution in [-0.2, 0) is 4.79 Å². The van der Waals surface area contributed by atoms with Crippen LogP contribution >= 0.6 is 12.4 Å². The molecule has 11 heavy (non-hydrogen) atoms. The number of nitrogens with one attached hydrogen (secondary N) is 1. The van der Waals surface area contributed by atoms with Crippen LogP contribution in [0, 0.1) is 0 Å². The molecule has 3 heteroatoms. The molecule has 0 atom stereocenters. The summed E-state index contributed by atoms with van der Waals surface area (Å²) in [5.74, 6) is 0.405. The summed E-state index contributed by atoms with van der Waals surface area (Å²) in [6.07, 6.45) is 5.85. The van der Waals surface area contributed by atoms with Crippen molar-refractivity contribution in [2.75, 3.05) is 6.54 Å². The van der Waals surface area contributed by atoms with Gasteiger partial charge in [-0.2, -0.15) is 0 Å². The normalized spacial score (nSPS) is 27.5. The Hall–Kier alpha value is -0.0800. The molecule has 0 amide bonds. The lowest BCUT2D eigenvalue weighted by atomic mass is 9.96. The zero-order valence-electron chi connectivity index (χ0n) is 6.56. The van der Waals surface area contributed by atoms with Crippen molar-refractivity contribution in [1.82, 2.24) is 5.32 Å². The molecule has 0 radical (unpaired) electrons. The Morgan fingerprint density at radius 2 is 1.91 bits per heavy atom. The highest BCUT2D eigenvalue weighted by molar-refractivity contribution is 5.85.